The van der Waals surface area contributed by atoms with Crippen molar-refractivity contribution in [2.45, 2.75) is 6.61 Å². The highest BCUT2D eigenvalue weighted by Crippen LogP contribution is 2.26. The first-order chi connectivity index (χ1) is 10.3. The van der Waals surface area contributed by atoms with Crippen LogP contribution in [0.2, 0.25) is 0 Å². The third kappa shape index (κ3) is 3.38. The fourth-order valence-electron chi connectivity index (χ4n) is 2.12. The van der Waals surface area contributed by atoms with Crippen molar-refractivity contribution in [3.63, 3.8) is 0 Å². The van der Waals surface area contributed by atoms with E-state index < -0.39 is 0 Å². The lowest BCUT2D eigenvalue weighted by molar-refractivity contribution is 0.112. The van der Waals surface area contributed by atoms with Gasteiger partial charge < -0.3 is 4.74 Å². The van der Waals surface area contributed by atoms with Crippen LogP contribution in [0.1, 0.15) is 15.9 Å². The van der Waals surface area contributed by atoms with Gasteiger partial charge in [-0.2, -0.15) is 11.3 Å². The number of thiophene rings is 1. The van der Waals surface area contributed by atoms with E-state index in [4.69, 9.17) is 4.74 Å². The molecule has 3 rings (SSSR count). The van der Waals surface area contributed by atoms with Crippen molar-refractivity contribution in [3.05, 3.63) is 76.5 Å². The second-order valence-electron chi connectivity index (χ2n) is 4.69. The standard InChI is InChI=1S/C18H14O2S/c19-11-14-3-1-4-15(9-14)12-20-18-6-2-5-16(10-18)17-7-8-21-13-17/h1-11,13H,12H2. The topological polar surface area (TPSA) is 26.3 Å². The Morgan fingerprint density at radius 3 is 2.71 bits per heavy atom. The van der Waals surface area contributed by atoms with Gasteiger partial charge in [-0.05, 0) is 51.7 Å². The van der Waals surface area contributed by atoms with Gasteiger partial charge >= 0.3 is 0 Å². The molecule has 0 unspecified atom stereocenters. The summed E-state index contributed by atoms with van der Waals surface area (Å²) >= 11 is 1.68. The Hall–Kier alpha value is -2.39. The van der Waals surface area contributed by atoms with E-state index in [9.17, 15) is 4.79 Å². The van der Waals surface area contributed by atoms with Crippen LogP contribution in [0.25, 0.3) is 11.1 Å². The first-order valence-electron chi connectivity index (χ1n) is 6.65. The quantitative estimate of drug-likeness (QED) is 0.631. The van der Waals surface area contributed by atoms with E-state index in [1.165, 1.54) is 5.56 Å². The van der Waals surface area contributed by atoms with Crippen LogP contribution in [0.5, 0.6) is 5.75 Å². The van der Waals surface area contributed by atoms with Crippen LogP contribution >= 0.6 is 11.3 Å². The van der Waals surface area contributed by atoms with Crippen molar-refractivity contribution in [2.24, 2.45) is 0 Å². The Labute approximate surface area is 127 Å². The summed E-state index contributed by atoms with van der Waals surface area (Å²) in [6.45, 7) is 0.453. The van der Waals surface area contributed by atoms with Crippen LogP contribution in [-0.2, 0) is 6.61 Å². The number of hydrogen-bond donors (Lipinski definition) is 0. The molecule has 3 aromatic rings. The molecule has 0 aliphatic carbocycles. The van der Waals surface area contributed by atoms with Crippen molar-refractivity contribution >= 4 is 17.6 Å². The average Bonchev–Trinajstić information content (AvgIpc) is 3.08. The van der Waals surface area contributed by atoms with Crippen LogP contribution in [-0.4, -0.2) is 6.29 Å². The summed E-state index contributed by atoms with van der Waals surface area (Å²) < 4.78 is 5.82. The molecule has 0 spiro atoms. The molecule has 1 heterocycles. The van der Waals surface area contributed by atoms with Gasteiger partial charge in [0.15, 0.2) is 0 Å². The molecular formula is C18H14O2S. The second kappa shape index (κ2) is 6.37. The summed E-state index contributed by atoms with van der Waals surface area (Å²) in [4.78, 5) is 10.8. The number of ether oxygens (including phenoxy) is 1. The number of aldehydes is 1. The predicted molar refractivity (Wildman–Crippen MR) is 85.9 cm³/mol. The van der Waals surface area contributed by atoms with Gasteiger partial charge in [-0.15, -0.1) is 0 Å². The molecule has 0 fully saturated rings. The molecule has 0 atom stereocenters. The van der Waals surface area contributed by atoms with Gasteiger partial charge in [0.2, 0.25) is 0 Å². The van der Waals surface area contributed by atoms with E-state index in [1.807, 2.05) is 36.4 Å². The molecule has 104 valence electrons. The van der Waals surface area contributed by atoms with Crippen LogP contribution < -0.4 is 4.74 Å². The van der Waals surface area contributed by atoms with Gasteiger partial charge in [-0.25, -0.2) is 0 Å². The van der Waals surface area contributed by atoms with Crippen molar-refractivity contribution in [2.75, 3.05) is 0 Å². The number of hydrogen-bond acceptors (Lipinski definition) is 3. The Kier molecular flexibility index (Phi) is 4.12. The largest absolute Gasteiger partial charge is 0.489 e. The highest BCUT2D eigenvalue weighted by Gasteiger charge is 2.01. The molecule has 0 bridgehead atoms. The molecule has 0 aliphatic heterocycles. The molecule has 2 aromatic carbocycles. The number of carbonyl (C=O) groups excluding carboxylic acids is 1. The summed E-state index contributed by atoms with van der Waals surface area (Å²) in [7, 11) is 0. The average molecular weight is 294 g/mol. The SMILES string of the molecule is O=Cc1cccc(COc2cccc(-c3ccsc3)c2)c1. The van der Waals surface area contributed by atoms with Crippen molar-refractivity contribution in [3.8, 4) is 16.9 Å². The van der Waals surface area contributed by atoms with Gasteiger partial charge in [0, 0.05) is 5.56 Å². The summed E-state index contributed by atoms with van der Waals surface area (Å²) in [6, 6.07) is 17.6. The molecule has 0 amide bonds. The van der Waals surface area contributed by atoms with E-state index in [1.54, 1.807) is 17.4 Å². The number of carbonyl (C=O) groups is 1. The number of benzene rings is 2. The zero-order valence-corrected chi connectivity index (χ0v) is 12.2. The zero-order chi connectivity index (χ0) is 14.5. The van der Waals surface area contributed by atoms with Crippen LogP contribution in [0.3, 0.4) is 0 Å². The molecular weight excluding hydrogens is 280 g/mol. The summed E-state index contributed by atoms with van der Waals surface area (Å²) in [5.74, 6) is 0.829. The molecule has 0 aliphatic rings. The lowest BCUT2D eigenvalue weighted by Crippen LogP contribution is -1.96. The van der Waals surface area contributed by atoms with E-state index in [0.717, 1.165) is 23.2 Å². The smallest absolute Gasteiger partial charge is 0.150 e. The summed E-state index contributed by atoms with van der Waals surface area (Å²) in [5.41, 5.74) is 4.01. The Morgan fingerprint density at radius 1 is 1.00 bits per heavy atom. The minimum Gasteiger partial charge on any atom is -0.489 e. The monoisotopic (exact) mass is 294 g/mol. The maximum Gasteiger partial charge on any atom is 0.150 e. The van der Waals surface area contributed by atoms with E-state index in [2.05, 4.69) is 22.9 Å². The first-order valence-corrected chi connectivity index (χ1v) is 7.59. The lowest BCUT2D eigenvalue weighted by Gasteiger charge is -2.08. The third-order valence-electron chi connectivity index (χ3n) is 3.18. The van der Waals surface area contributed by atoms with Crippen LogP contribution in [0.4, 0.5) is 0 Å². The van der Waals surface area contributed by atoms with Crippen LogP contribution in [0, 0.1) is 0 Å². The Morgan fingerprint density at radius 2 is 1.90 bits per heavy atom. The van der Waals surface area contributed by atoms with Gasteiger partial charge in [0.25, 0.3) is 0 Å². The minimum absolute atomic E-state index is 0.453. The molecule has 3 heteroatoms. The number of rotatable bonds is 5. The molecule has 1 aromatic heterocycles. The zero-order valence-electron chi connectivity index (χ0n) is 11.4. The van der Waals surface area contributed by atoms with Gasteiger partial charge in [-0.1, -0.05) is 30.3 Å². The maximum absolute atomic E-state index is 10.8. The van der Waals surface area contributed by atoms with Gasteiger partial charge in [0.1, 0.15) is 18.6 Å². The minimum atomic E-state index is 0.453. The predicted octanol–water partition coefficient (Wildman–Crippen LogP) is 4.81. The Balaban J connectivity index is 1.73. The molecule has 0 saturated heterocycles. The first kappa shape index (κ1) is 13.6. The highest BCUT2D eigenvalue weighted by molar-refractivity contribution is 7.08. The fraction of sp³-hybridized carbons (Fsp3) is 0.0556. The van der Waals surface area contributed by atoms with Crippen molar-refractivity contribution < 1.29 is 9.53 Å². The highest BCUT2D eigenvalue weighted by atomic mass is 32.1. The second-order valence-corrected chi connectivity index (χ2v) is 5.47. The molecule has 2 nitrogen and oxygen atoms in total. The lowest BCUT2D eigenvalue weighted by atomic mass is 10.1. The van der Waals surface area contributed by atoms with E-state index in [0.29, 0.717) is 12.2 Å². The fourth-order valence-corrected chi connectivity index (χ4v) is 2.78. The molecule has 21 heavy (non-hydrogen) atoms. The molecule has 0 radical (unpaired) electrons. The van der Waals surface area contributed by atoms with Gasteiger partial charge in [0.05, 0.1) is 0 Å². The maximum atomic E-state index is 10.8. The Bertz CT molecular complexity index is 732. The summed E-state index contributed by atoms with van der Waals surface area (Å²) in [5, 5.41) is 4.18. The molecule has 0 N–H and O–H groups in total. The normalized spacial score (nSPS) is 10.3. The van der Waals surface area contributed by atoms with Crippen molar-refractivity contribution in [1.29, 1.82) is 0 Å². The summed E-state index contributed by atoms with van der Waals surface area (Å²) in [6.07, 6.45) is 0.848. The van der Waals surface area contributed by atoms with Gasteiger partial charge in [-0.3, -0.25) is 4.79 Å². The third-order valence-corrected chi connectivity index (χ3v) is 3.86. The molecule has 0 saturated carbocycles. The van der Waals surface area contributed by atoms with E-state index in [-0.39, 0.29) is 0 Å². The van der Waals surface area contributed by atoms with E-state index >= 15 is 0 Å². The van der Waals surface area contributed by atoms with Crippen LogP contribution in [0.15, 0.2) is 65.4 Å². The van der Waals surface area contributed by atoms with Crippen molar-refractivity contribution in [1.82, 2.24) is 0 Å².